The normalized spacial score (nSPS) is 10.2. The van der Waals surface area contributed by atoms with Crippen molar-refractivity contribution < 1.29 is 33.3 Å². The summed E-state index contributed by atoms with van der Waals surface area (Å²) in [4.78, 5) is 39.7. The van der Waals surface area contributed by atoms with E-state index in [2.05, 4.69) is 10.3 Å². The molecule has 2 rings (SSSR count). The molecule has 28 heavy (non-hydrogen) atoms. The Morgan fingerprint density at radius 2 is 1.46 bits per heavy atom. The molecule has 0 saturated carbocycles. The smallest absolute Gasteiger partial charge is 0.340 e. The zero-order chi connectivity index (χ0) is 21.0. The molecule has 0 bridgehead atoms. The molecule has 0 fully saturated rings. The minimum atomic E-state index is -0.661. The lowest BCUT2D eigenvalue weighted by atomic mass is 10.1. The Morgan fingerprint density at radius 1 is 0.893 bits per heavy atom. The van der Waals surface area contributed by atoms with Crippen LogP contribution in [0.2, 0.25) is 0 Å². The van der Waals surface area contributed by atoms with Crippen LogP contribution in [0, 0.1) is 13.8 Å². The van der Waals surface area contributed by atoms with E-state index in [4.69, 9.17) is 18.9 Å². The molecule has 2 N–H and O–H groups in total. The Morgan fingerprint density at radius 3 is 2.00 bits per heavy atom. The van der Waals surface area contributed by atoms with Crippen LogP contribution in [0.3, 0.4) is 0 Å². The van der Waals surface area contributed by atoms with Crippen LogP contribution < -0.4 is 14.8 Å². The largest absolute Gasteiger partial charge is 0.493 e. The van der Waals surface area contributed by atoms with E-state index >= 15 is 0 Å². The Bertz CT molecular complexity index is 931. The molecule has 0 unspecified atom stereocenters. The van der Waals surface area contributed by atoms with E-state index < -0.39 is 17.8 Å². The summed E-state index contributed by atoms with van der Waals surface area (Å²) in [5.74, 6) is -1.13. The Labute approximate surface area is 161 Å². The maximum atomic E-state index is 12.8. The molecule has 0 atom stereocenters. The Kier molecular flexibility index (Phi) is 6.29. The highest BCUT2D eigenvalue weighted by Gasteiger charge is 2.25. The van der Waals surface area contributed by atoms with E-state index in [0.29, 0.717) is 22.8 Å². The summed E-state index contributed by atoms with van der Waals surface area (Å²) in [6.07, 6.45) is 0. The molecule has 150 valence electrons. The SMILES string of the molecule is COC(=O)c1cc(OC)c(OC)cc1NC(=O)c1[nH]c(C)c(C(=O)OC)c1C. The fourth-order valence-electron chi connectivity index (χ4n) is 2.83. The van der Waals surface area contributed by atoms with E-state index in [1.165, 1.54) is 40.6 Å². The second-order valence-corrected chi connectivity index (χ2v) is 5.82. The number of methoxy groups -OCH3 is 4. The zero-order valence-corrected chi connectivity index (χ0v) is 16.5. The molecule has 1 amide bonds. The predicted molar refractivity (Wildman–Crippen MR) is 100 cm³/mol. The lowest BCUT2D eigenvalue weighted by Crippen LogP contribution is -2.17. The number of esters is 2. The van der Waals surface area contributed by atoms with Gasteiger partial charge in [0, 0.05) is 17.8 Å². The van der Waals surface area contributed by atoms with Gasteiger partial charge in [-0.05, 0) is 19.4 Å². The quantitative estimate of drug-likeness (QED) is 0.728. The number of rotatable bonds is 6. The van der Waals surface area contributed by atoms with Crippen molar-refractivity contribution in [2.75, 3.05) is 33.8 Å². The maximum absolute atomic E-state index is 12.8. The van der Waals surface area contributed by atoms with E-state index in [9.17, 15) is 14.4 Å². The van der Waals surface area contributed by atoms with Crippen LogP contribution in [0.15, 0.2) is 12.1 Å². The van der Waals surface area contributed by atoms with Crippen LogP contribution in [0.25, 0.3) is 0 Å². The molecular formula is C19H22N2O7. The monoisotopic (exact) mass is 390 g/mol. The van der Waals surface area contributed by atoms with Gasteiger partial charge in [-0.3, -0.25) is 4.79 Å². The van der Waals surface area contributed by atoms with Crippen LogP contribution in [0.1, 0.15) is 42.5 Å². The predicted octanol–water partition coefficient (Wildman–Crippen LogP) is 2.47. The van der Waals surface area contributed by atoms with Gasteiger partial charge in [0.25, 0.3) is 5.91 Å². The molecule has 9 nitrogen and oxygen atoms in total. The molecule has 0 aliphatic carbocycles. The molecule has 1 aromatic carbocycles. The third kappa shape index (κ3) is 3.78. The van der Waals surface area contributed by atoms with E-state index in [1.807, 2.05) is 0 Å². The number of aromatic amines is 1. The van der Waals surface area contributed by atoms with Crippen molar-refractivity contribution >= 4 is 23.5 Å². The number of aromatic nitrogens is 1. The summed E-state index contributed by atoms with van der Waals surface area (Å²) in [7, 11) is 5.35. The first-order valence-corrected chi connectivity index (χ1v) is 8.22. The highest BCUT2D eigenvalue weighted by molar-refractivity contribution is 6.10. The minimum Gasteiger partial charge on any atom is -0.493 e. The van der Waals surface area contributed by atoms with Gasteiger partial charge in [-0.1, -0.05) is 0 Å². The first kappa shape index (κ1) is 20.8. The molecule has 0 aliphatic heterocycles. The van der Waals surface area contributed by atoms with Crippen molar-refractivity contribution in [2.24, 2.45) is 0 Å². The molecule has 1 aromatic heterocycles. The molecule has 0 saturated heterocycles. The van der Waals surface area contributed by atoms with Crippen molar-refractivity contribution in [1.29, 1.82) is 0 Å². The topological polar surface area (TPSA) is 116 Å². The third-order valence-corrected chi connectivity index (χ3v) is 4.23. The minimum absolute atomic E-state index is 0.0858. The van der Waals surface area contributed by atoms with Crippen molar-refractivity contribution in [2.45, 2.75) is 13.8 Å². The molecular weight excluding hydrogens is 368 g/mol. The second-order valence-electron chi connectivity index (χ2n) is 5.82. The Hall–Kier alpha value is -3.49. The van der Waals surface area contributed by atoms with E-state index in [0.717, 1.165) is 0 Å². The van der Waals surface area contributed by atoms with Gasteiger partial charge in [0.1, 0.15) is 5.69 Å². The molecule has 2 aromatic rings. The number of benzene rings is 1. The number of amides is 1. The fraction of sp³-hybridized carbons (Fsp3) is 0.316. The molecule has 1 heterocycles. The van der Waals surface area contributed by atoms with Gasteiger partial charge in [0.05, 0.1) is 45.3 Å². The number of carbonyl (C=O) groups excluding carboxylic acids is 3. The third-order valence-electron chi connectivity index (χ3n) is 4.23. The standard InChI is InChI=1S/C19H22N2O7/c1-9-15(19(24)28-6)10(2)20-16(9)17(22)21-12-8-14(26-4)13(25-3)7-11(12)18(23)27-5/h7-8,20H,1-6H3,(H,21,22). The second kappa shape index (κ2) is 8.47. The molecule has 0 spiro atoms. The van der Waals surface area contributed by atoms with Crippen molar-refractivity contribution in [3.8, 4) is 11.5 Å². The van der Waals surface area contributed by atoms with Crippen molar-refractivity contribution in [3.63, 3.8) is 0 Å². The van der Waals surface area contributed by atoms with Gasteiger partial charge >= 0.3 is 11.9 Å². The lowest BCUT2D eigenvalue weighted by molar-refractivity contribution is 0.0591. The molecule has 9 heteroatoms. The molecule has 0 aliphatic rings. The summed E-state index contributed by atoms with van der Waals surface area (Å²) >= 11 is 0. The summed E-state index contributed by atoms with van der Waals surface area (Å²) in [6.45, 7) is 3.28. The maximum Gasteiger partial charge on any atom is 0.340 e. The summed E-state index contributed by atoms with van der Waals surface area (Å²) in [5.41, 5.74) is 1.64. The highest BCUT2D eigenvalue weighted by atomic mass is 16.5. The molecule has 0 radical (unpaired) electrons. The van der Waals surface area contributed by atoms with Crippen molar-refractivity contribution in [3.05, 3.63) is 40.2 Å². The summed E-state index contributed by atoms with van der Waals surface area (Å²) in [6, 6.07) is 2.86. The number of hydrogen-bond donors (Lipinski definition) is 2. The first-order chi connectivity index (χ1) is 13.3. The van der Waals surface area contributed by atoms with Gasteiger partial charge < -0.3 is 29.2 Å². The zero-order valence-electron chi connectivity index (χ0n) is 16.5. The van der Waals surface area contributed by atoms with E-state index in [-0.39, 0.29) is 22.5 Å². The van der Waals surface area contributed by atoms with Crippen LogP contribution in [-0.2, 0) is 9.47 Å². The number of ether oxygens (including phenoxy) is 4. The number of nitrogens with one attached hydrogen (secondary N) is 2. The van der Waals surface area contributed by atoms with Gasteiger partial charge in [-0.2, -0.15) is 0 Å². The fourth-order valence-corrected chi connectivity index (χ4v) is 2.83. The number of H-pyrrole nitrogens is 1. The van der Waals surface area contributed by atoms with Crippen LogP contribution >= 0.6 is 0 Å². The summed E-state index contributed by atoms with van der Waals surface area (Å²) in [5, 5.41) is 2.65. The Balaban J connectivity index is 2.49. The number of carbonyl (C=O) groups is 3. The first-order valence-electron chi connectivity index (χ1n) is 8.22. The number of hydrogen-bond acceptors (Lipinski definition) is 7. The average molecular weight is 390 g/mol. The number of aryl methyl sites for hydroxylation is 1. The van der Waals surface area contributed by atoms with E-state index in [1.54, 1.807) is 13.8 Å². The van der Waals surface area contributed by atoms with Crippen LogP contribution in [0.4, 0.5) is 5.69 Å². The summed E-state index contributed by atoms with van der Waals surface area (Å²) < 4.78 is 19.9. The van der Waals surface area contributed by atoms with Gasteiger partial charge in [0.15, 0.2) is 11.5 Å². The van der Waals surface area contributed by atoms with Gasteiger partial charge in [0.2, 0.25) is 0 Å². The van der Waals surface area contributed by atoms with Gasteiger partial charge in [-0.15, -0.1) is 0 Å². The van der Waals surface area contributed by atoms with Crippen molar-refractivity contribution in [1.82, 2.24) is 4.98 Å². The van der Waals surface area contributed by atoms with Crippen LogP contribution in [0.5, 0.6) is 11.5 Å². The lowest BCUT2D eigenvalue weighted by Gasteiger charge is -2.14. The van der Waals surface area contributed by atoms with Gasteiger partial charge in [-0.25, -0.2) is 9.59 Å². The van der Waals surface area contributed by atoms with Crippen LogP contribution in [-0.4, -0.2) is 51.3 Å². The highest BCUT2D eigenvalue weighted by Crippen LogP contribution is 2.34. The average Bonchev–Trinajstić information content (AvgIpc) is 3.00. The number of anilines is 1.